The molecule has 2 atom stereocenters. The summed E-state index contributed by atoms with van der Waals surface area (Å²) in [6.07, 6.45) is 1.02. The van der Waals surface area contributed by atoms with Gasteiger partial charge in [-0.25, -0.2) is 4.68 Å². The predicted octanol–water partition coefficient (Wildman–Crippen LogP) is 4.99. The molecule has 1 N–H and O–H groups in total. The third-order valence-corrected chi connectivity index (χ3v) is 8.91. The van der Waals surface area contributed by atoms with Gasteiger partial charge >= 0.3 is 5.97 Å². The van der Waals surface area contributed by atoms with Crippen molar-refractivity contribution in [3.63, 3.8) is 0 Å². The van der Waals surface area contributed by atoms with Gasteiger partial charge in [-0.15, -0.1) is 5.10 Å². The summed E-state index contributed by atoms with van der Waals surface area (Å²) >= 11 is 6.60. The van der Waals surface area contributed by atoms with Gasteiger partial charge in [0.1, 0.15) is 6.10 Å². The molecular weight excluding hydrogens is 600 g/mol. The zero-order valence-corrected chi connectivity index (χ0v) is 26.1. The van der Waals surface area contributed by atoms with Gasteiger partial charge in [0.25, 0.3) is 0 Å². The van der Waals surface area contributed by atoms with Crippen LogP contribution in [0.4, 0.5) is 0 Å². The number of carboxylic acids is 1. The van der Waals surface area contributed by atoms with Crippen LogP contribution in [0.3, 0.4) is 0 Å². The number of para-hydroxylation sites is 1. The van der Waals surface area contributed by atoms with Gasteiger partial charge in [-0.2, -0.15) is 0 Å². The lowest BCUT2D eigenvalue weighted by molar-refractivity contribution is -0.138. The number of tetrazole rings is 1. The van der Waals surface area contributed by atoms with E-state index in [2.05, 4.69) is 20.1 Å². The van der Waals surface area contributed by atoms with Crippen LogP contribution >= 0.6 is 11.6 Å². The summed E-state index contributed by atoms with van der Waals surface area (Å²) in [5, 5.41) is 21.9. The number of aromatic nitrogens is 5. The molecule has 13 heteroatoms. The summed E-state index contributed by atoms with van der Waals surface area (Å²) in [5.41, 5.74) is 4.00. The van der Waals surface area contributed by atoms with Gasteiger partial charge in [0.2, 0.25) is 5.91 Å². The second-order valence-electron chi connectivity index (χ2n) is 11.4. The van der Waals surface area contributed by atoms with Gasteiger partial charge < -0.3 is 28.8 Å². The summed E-state index contributed by atoms with van der Waals surface area (Å²) in [7, 11) is 4.96. The highest BCUT2D eigenvalue weighted by molar-refractivity contribution is 6.30. The fourth-order valence-corrected chi connectivity index (χ4v) is 6.64. The van der Waals surface area contributed by atoms with Gasteiger partial charge in [0, 0.05) is 49.1 Å². The molecule has 236 valence electrons. The van der Waals surface area contributed by atoms with Crippen LogP contribution in [0.5, 0.6) is 11.5 Å². The van der Waals surface area contributed by atoms with Crippen molar-refractivity contribution in [1.82, 2.24) is 29.7 Å². The standard InChI is InChI=1S/C32H35ClN6O6/c1-37-32(34-35-36-37)25-10-9-24-26(11-12-28(40)38-15-13-19(14-16-38)17-29(41)42)45-30(21-5-4-6-27(43-2)31(21)44-3)22-18-20(33)7-8-23(22)39(24)25/h4-10,18-19,26,30H,11-17H2,1-3H3,(H,41,42)/t26-,30-/m1/s1. The van der Waals surface area contributed by atoms with Gasteiger partial charge in [0.05, 0.1) is 37.4 Å². The Morgan fingerprint density at radius 3 is 2.56 bits per heavy atom. The normalized spacial score (nSPS) is 18.2. The number of hydrogen-bond donors (Lipinski definition) is 1. The second kappa shape index (κ2) is 12.9. The number of likely N-dealkylation sites (tertiary alicyclic amines) is 1. The number of carboxylic acid groups (broad SMARTS) is 1. The minimum absolute atomic E-state index is 0.0172. The smallest absolute Gasteiger partial charge is 0.303 e. The summed E-state index contributed by atoms with van der Waals surface area (Å²) in [4.78, 5) is 26.5. The minimum Gasteiger partial charge on any atom is -0.493 e. The highest BCUT2D eigenvalue weighted by Crippen LogP contribution is 2.48. The van der Waals surface area contributed by atoms with Crippen molar-refractivity contribution in [3.05, 3.63) is 70.4 Å². The molecule has 45 heavy (non-hydrogen) atoms. The number of ether oxygens (including phenoxy) is 3. The molecule has 0 aliphatic carbocycles. The Kier molecular flexibility index (Phi) is 8.77. The number of hydrogen-bond acceptors (Lipinski definition) is 8. The quantitative estimate of drug-likeness (QED) is 0.270. The molecule has 1 fully saturated rings. The number of rotatable bonds is 9. The van der Waals surface area contributed by atoms with Gasteiger partial charge in [-0.1, -0.05) is 23.7 Å². The first kappa shape index (κ1) is 30.6. The molecule has 0 saturated carbocycles. The molecule has 0 radical (unpaired) electrons. The first-order valence-electron chi connectivity index (χ1n) is 14.9. The third-order valence-electron chi connectivity index (χ3n) is 8.67. The SMILES string of the molecule is COc1cccc([C@H]2O[C@H](CCC(=O)N3CCC(CC(=O)O)CC3)c3ccc(-c4nnnn4C)n3-c3ccc(Cl)cc32)c1OC. The Labute approximate surface area is 265 Å². The maximum absolute atomic E-state index is 13.5. The van der Waals surface area contributed by atoms with Crippen LogP contribution in [0.1, 0.15) is 61.1 Å². The van der Waals surface area contributed by atoms with E-state index < -0.39 is 18.2 Å². The summed E-state index contributed by atoms with van der Waals surface area (Å²) in [6.45, 7) is 1.10. The van der Waals surface area contributed by atoms with Crippen molar-refractivity contribution in [2.75, 3.05) is 27.3 Å². The number of carbonyl (C=O) groups is 2. The maximum Gasteiger partial charge on any atom is 0.303 e. The number of piperidine rings is 1. The Morgan fingerprint density at radius 1 is 1.07 bits per heavy atom. The van der Waals surface area contributed by atoms with Crippen molar-refractivity contribution >= 4 is 23.5 Å². The molecule has 1 saturated heterocycles. The lowest BCUT2D eigenvalue weighted by atomic mass is 9.93. The average molecular weight is 635 g/mol. The molecule has 12 nitrogen and oxygen atoms in total. The Morgan fingerprint density at radius 2 is 1.87 bits per heavy atom. The van der Waals surface area contributed by atoms with E-state index >= 15 is 0 Å². The fraction of sp³-hybridized carbons (Fsp3) is 0.406. The van der Waals surface area contributed by atoms with E-state index in [4.69, 9.17) is 30.9 Å². The summed E-state index contributed by atoms with van der Waals surface area (Å²) in [5.74, 6) is 0.989. The highest BCUT2D eigenvalue weighted by atomic mass is 35.5. The van der Waals surface area contributed by atoms with Crippen LogP contribution in [-0.2, 0) is 21.4 Å². The molecule has 0 unspecified atom stereocenters. The number of fused-ring (bicyclic) bond motifs is 3. The molecule has 2 aromatic heterocycles. The number of carbonyl (C=O) groups excluding carboxylic acids is 1. The van der Waals surface area contributed by atoms with Crippen LogP contribution in [0, 0.1) is 5.92 Å². The van der Waals surface area contributed by atoms with E-state index in [1.807, 2.05) is 53.4 Å². The molecule has 4 heterocycles. The van der Waals surface area contributed by atoms with E-state index in [-0.39, 0.29) is 24.7 Å². The molecular formula is C32H35ClN6O6. The van der Waals surface area contributed by atoms with Crippen LogP contribution < -0.4 is 9.47 Å². The van der Waals surface area contributed by atoms with Crippen LogP contribution in [0.2, 0.25) is 5.02 Å². The van der Waals surface area contributed by atoms with E-state index in [0.29, 0.717) is 54.7 Å². The lowest BCUT2D eigenvalue weighted by Crippen LogP contribution is -2.39. The van der Waals surface area contributed by atoms with Crippen molar-refractivity contribution < 1.29 is 28.9 Å². The lowest BCUT2D eigenvalue weighted by Gasteiger charge is -2.32. The monoisotopic (exact) mass is 634 g/mol. The number of benzene rings is 2. The van der Waals surface area contributed by atoms with Crippen LogP contribution in [0.15, 0.2) is 48.5 Å². The van der Waals surface area contributed by atoms with Gasteiger partial charge in [-0.05, 0) is 72.0 Å². The van der Waals surface area contributed by atoms with Crippen LogP contribution in [0.25, 0.3) is 17.2 Å². The average Bonchev–Trinajstić information content (AvgIpc) is 3.63. The molecule has 2 aromatic carbocycles. The Balaban J connectivity index is 1.40. The predicted molar refractivity (Wildman–Crippen MR) is 165 cm³/mol. The minimum atomic E-state index is -0.797. The Bertz CT molecular complexity index is 1710. The first-order chi connectivity index (χ1) is 21.8. The van der Waals surface area contributed by atoms with Gasteiger partial charge in [0.15, 0.2) is 17.3 Å². The third kappa shape index (κ3) is 5.99. The molecule has 0 spiro atoms. The number of nitrogens with zero attached hydrogens (tertiary/aromatic N) is 6. The number of halogens is 1. The number of methoxy groups -OCH3 is 2. The molecule has 0 bridgehead atoms. The molecule has 2 aliphatic rings. The van der Waals surface area contributed by atoms with Crippen molar-refractivity contribution in [3.8, 4) is 28.7 Å². The maximum atomic E-state index is 13.5. The van der Waals surface area contributed by atoms with Crippen molar-refractivity contribution in [1.29, 1.82) is 0 Å². The largest absolute Gasteiger partial charge is 0.493 e. The summed E-state index contributed by atoms with van der Waals surface area (Å²) < 4.78 is 22.1. The molecule has 1 amide bonds. The number of aryl methyl sites for hydroxylation is 1. The highest BCUT2D eigenvalue weighted by Gasteiger charge is 2.35. The van der Waals surface area contributed by atoms with Crippen molar-refractivity contribution in [2.24, 2.45) is 13.0 Å². The van der Waals surface area contributed by atoms with E-state index in [9.17, 15) is 9.59 Å². The van der Waals surface area contributed by atoms with E-state index in [0.717, 1.165) is 28.2 Å². The topological polar surface area (TPSA) is 134 Å². The summed E-state index contributed by atoms with van der Waals surface area (Å²) in [6, 6.07) is 15.3. The van der Waals surface area contributed by atoms with E-state index in [1.54, 1.807) is 25.9 Å². The fourth-order valence-electron chi connectivity index (χ4n) is 6.46. The molecule has 2 aliphatic heterocycles. The first-order valence-corrected chi connectivity index (χ1v) is 15.3. The zero-order chi connectivity index (χ0) is 31.7. The van der Waals surface area contributed by atoms with E-state index in [1.165, 1.54) is 0 Å². The van der Waals surface area contributed by atoms with Crippen LogP contribution in [-0.4, -0.2) is 74.0 Å². The number of amides is 1. The van der Waals surface area contributed by atoms with Crippen molar-refractivity contribution in [2.45, 2.75) is 44.3 Å². The zero-order valence-electron chi connectivity index (χ0n) is 25.4. The molecule has 4 aromatic rings. The Hall–Kier alpha value is -4.42. The van der Waals surface area contributed by atoms with Gasteiger partial charge in [-0.3, -0.25) is 9.59 Å². The second-order valence-corrected chi connectivity index (χ2v) is 11.8. The number of aliphatic carboxylic acids is 1. The molecule has 6 rings (SSSR count).